The minimum absolute atomic E-state index is 0.0409. The summed E-state index contributed by atoms with van der Waals surface area (Å²) in [6.45, 7) is 10.8. The largest absolute Gasteiger partial charge is 0.463 e. The van der Waals surface area contributed by atoms with Gasteiger partial charge < -0.3 is 52.1 Å². The van der Waals surface area contributed by atoms with Crippen LogP contribution in [0.2, 0.25) is 0 Å². The highest BCUT2D eigenvalue weighted by molar-refractivity contribution is 5.73. The lowest BCUT2D eigenvalue weighted by Gasteiger charge is -2.48. The molecule has 2 aliphatic rings. The van der Waals surface area contributed by atoms with Gasteiger partial charge in [-0.15, -0.1) is 0 Å². The first-order chi connectivity index (χ1) is 26.2. The van der Waals surface area contributed by atoms with Crippen LogP contribution in [0.3, 0.4) is 0 Å². The Labute approximate surface area is 319 Å². The van der Waals surface area contributed by atoms with Gasteiger partial charge in [0.05, 0.1) is 0 Å². The smallest absolute Gasteiger partial charge is 0.307 e. The minimum atomic E-state index is -1.83. The third kappa shape index (κ3) is 14.0. The predicted molar refractivity (Wildman–Crippen MR) is 182 cm³/mol. The molecule has 312 valence electrons. The maximum absolute atomic E-state index is 13.0. The van der Waals surface area contributed by atoms with E-state index in [0.717, 1.165) is 0 Å². The van der Waals surface area contributed by atoms with Crippen molar-refractivity contribution in [2.75, 3.05) is 13.2 Å². The second-order valence-corrected chi connectivity index (χ2v) is 12.1. The van der Waals surface area contributed by atoms with Crippen LogP contribution in [0.1, 0.15) is 107 Å². The molecule has 10 atom stereocenters. The van der Waals surface area contributed by atoms with Gasteiger partial charge in [-0.2, -0.15) is 0 Å². The highest BCUT2D eigenvalue weighted by Gasteiger charge is 2.58. The van der Waals surface area contributed by atoms with E-state index < -0.39 is 122 Å². The molecule has 0 aliphatic carbocycles. The molecule has 0 saturated carbocycles. The van der Waals surface area contributed by atoms with E-state index in [1.54, 1.807) is 0 Å². The monoisotopic (exact) mass is 790 g/mol. The number of rotatable bonds is 20. The van der Waals surface area contributed by atoms with E-state index in [2.05, 4.69) is 0 Å². The maximum Gasteiger partial charge on any atom is 0.307 e. The van der Waals surface area contributed by atoms with Gasteiger partial charge in [0.25, 0.3) is 0 Å². The van der Waals surface area contributed by atoms with Crippen LogP contribution in [0.25, 0.3) is 0 Å². The molecule has 55 heavy (non-hydrogen) atoms. The van der Waals surface area contributed by atoms with Crippen molar-refractivity contribution < 1.29 is 90.5 Å². The van der Waals surface area contributed by atoms with Crippen molar-refractivity contribution in [1.29, 1.82) is 0 Å². The molecule has 0 aromatic rings. The van der Waals surface area contributed by atoms with E-state index in [1.807, 2.05) is 0 Å². The van der Waals surface area contributed by atoms with E-state index in [9.17, 15) is 38.4 Å². The third-order valence-electron chi connectivity index (χ3n) is 8.19. The maximum atomic E-state index is 13.0. The van der Waals surface area contributed by atoms with Crippen LogP contribution in [0.5, 0.6) is 0 Å². The molecule has 2 saturated heterocycles. The second-order valence-electron chi connectivity index (χ2n) is 12.1. The fourth-order valence-electron chi connectivity index (χ4n) is 5.15. The average Bonchev–Trinajstić information content (AvgIpc) is 3.19. The standard InChI is InChI=1S/C36H54O19/c1-9-21(37)45-17-19-29(49-23(39)11-3)31(50-24(40)12-4)34(53-27(43)15-7)36(48-19)55-30-20(18-46-22(38)10-2)47-35(54-28(44)16-8)33(52-26(42)14-6)32(30)51-25(41)13-5/h19-20,29-36H,9-18H2,1-8H3/t19?,20?,29-,30-,31+,32+,33?,34?,35+,36-/m1/s1. The van der Waals surface area contributed by atoms with Gasteiger partial charge in [0.2, 0.25) is 12.4 Å². The lowest BCUT2D eigenvalue weighted by molar-refractivity contribution is -0.358. The lowest BCUT2D eigenvalue weighted by Crippen LogP contribution is -2.67. The Morgan fingerprint density at radius 3 is 1.04 bits per heavy atom. The van der Waals surface area contributed by atoms with E-state index in [4.69, 9.17) is 52.1 Å². The van der Waals surface area contributed by atoms with E-state index >= 15 is 0 Å². The van der Waals surface area contributed by atoms with Crippen LogP contribution in [-0.4, -0.2) is 122 Å². The zero-order valence-electron chi connectivity index (χ0n) is 32.6. The Morgan fingerprint density at radius 2 is 0.636 bits per heavy atom. The first-order valence-corrected chi connectivity index (χ1v) is 18.6. The van der Waals surface area contributed by atoms with Crippen molar-refractivity contribution in [2.45, 2.75) is 168 Å². The van der Waals surface area contributed by atoms with Crippen molar-refractivity contribution in [2.24, 2.45) is 0 Å². The summed E-state index contributed by atoms with van der Waals surface area (Å²) in [5, 5.41) is 0. The molecule has 4 unspecified atom stereocenters. The molecule has 0 aromatic heterocycles. The normalized spacial score (nSPS) is 27.4. The van der Waals surface area contributed by atoms with Crippen molar-refractivity contribution in [1.82, 2.24) is 0 Å². The van der Waals surface area contributed by atoms with Gasteiger partial charge >= 0.3 is 47.8 Å². The van der Waals surface area contributed by atoms with Gasteiger partial charge in [-0.05, 0) is 0 Å². The SMILES string of the molecule is CCC(=O)OCC1O[C@H](O[C@@H]2C(COC(=O)CC)O[C@@H](OC(=O)CC)C(OC(=O)CC)[C@H]2OC(=O)CC)C(OC(=O)CC)[C@@H](OC(=O)CC)[C@@H]1OC(=O)CC. The van der Waals surface area contributed by atoms with Crippen LogP contribution in [0.4, 0.5) is 0 Å². The summed E-state index contributed by atoms with van der Waals surface area (Å²) in [6, 6.07) is 0. The number of carbonyl (C=O) groups excluding carboxylic acids is 8. The molecule has 0 amide bonds. The van der Waals surface area contributed by atoms with Crippen LogP contribution in [-0.2, 0) is 90.5 Å². The average molecular weight is 791 g/mol. The van der Waals surface area contributed by atoms with Crippen LogP contribution < -0.4 is 0 Å². The quantitative estimate of drug-likeness (QED) is 0.127. The van der Waals surface area contributed by atoms with Crippen LogP contribution in [0, 0.1) is 0 Å². The summed E-state index contributed by atoms with van der Waals surface area (Å²) in [5.41, 5.74) is 0. The van der Waals surface area contributed by atoms with Crippen molar-refractivity contribution in [3.8, 4) is 0 Å². The Morgan fingerprint density at radius 1 is 0.345 bits per heavy atom. The van der Waals surface area contributed by atoms with E-state index in [-0.39, 0.29) is 51.4 Å². The summed E-state index contributed by atoms with van der Waals surface area (Å²) in [6.07, 6.45) is -17.3. The Kier molecular flexibility index (Phi) is 20.0. The minimum Gasteiger partial charge on any atom is -0.463 e. The summed E-state index contributed by atoms with van der Waals surface area (Å²) >= 11 is 0. The summed E-state index contributed by atoms with van der Waals surface area (Å²) in [7, 11) is 0. The van der Waals surface area contributed by atoms with Gasteiger partial charge in [0, 0.05) is 51.4 Å². The predicted octanol–water partition coefficient (Wildman–Crippen LogP) is 2.29. The summed E-state index contributed by atoms with van der Waals surface area (Å²) < 4.78 is 63.4. The number of carbonyl (C=O) groups is 8. The van der Waals surface area contributed by atoms with Crippen molar-refractivity contribution in [3.63, 3.8) is 0 Å². The zero-order valence-corrected chi connectivity index (χ0v) is 32.6. The number of esters is 8. The molecular weight excluding hydrogens is 736 g/mol. The van der Waals surface area contributed by atoms with Gasteiger partial charge in [-0.1, -0.05) is 55.4 Å². The second kappa shape index (κ2) is 23.5. The van der Waals surface area contributed by atoms with Gasteiger partial charge in [-0.25, -0.2) is 0 Å². The molecule has 2 rings (SSSR count). The van der Waals surface area contributed by atoms with E-state index in [1.165, 1.54) is 55.4 Å². The van der Waals surface area contributed by atoms with Gasteiger partial charge in [0.15, 0.2) is 30.7 Å². The first kappa shape index (κ1) is 46.8. The Bertz CT molecular complexity index is 1330. The molecule has 0 N–H and O–H groups in total. The topological polar surface area (TPSA) is 238 Å². The van der Waals surface area contributed by atoms with Crippen LogP contribution in [0.15, 0.2) is 0 Å². The molecule has 2 fully saturated rings. The fourth-order valence-corrected chi connectivity index (χ4v) is 5.15. The molecular formula is C36H54O19. The van der Waals surface area contributed by atoms with E-state index in [0.29, 0.717) is 0 Å². The highest BCUT2D eigenvalue weighted by atomic mass is 16.8. The van der Waals surface area contributed by atoms with Gasteiger partial charge in [0.1, 0.15) is 31.5 Å². The third-order valence-corrected chi connectivity index (χ3v) is 8.19. The molecule has 0 bridgehead atoms. The van der Waals surface area contributed by atoms with Crippen LogP contribution >= 0.6 is 0 Å². The number of hydrogen-bond acceptors (Lipinski definition) is 19. The summed E-state index contributed by atoms with van der Waals surface area (Å²) in [5.74, 6) is -6.18. The van der Waals surface area contributed by atoms with Crippen molar-refractivity contribution in [3.05, 3.63) is 0 Å². The first-order valence-electron chi connectivity index (χ1n) is 18.6. The molecule has 19 nitrogen and oxygen atoms in total. The van der Waals surface area contributed by atoms with Gasteiger partial charge in [-0.3, -0.25) is 38.4 Å². The molecule has 0 aromatic carbocycles. The number of hydrogen-bond donors (Lipinski definition) is 0. The fraction of sp³-hybridized carbons (Fsp3) is 0.778. The lowest BCUT2D eigenvalue weighted by atomic mass is 9.95. The molecule has 19 heteroatoms. The molecule has 0 spiro atoms. The molecule has 2 aliphatic heterocycles. The Balaban J connectivity index is 2.87. The molecule has 2 heterocycles. The zero-order chi connectivity index (χ0) is 41.2. The molecule has 0 radical (unpaired) electrons. The van der Waals surface area contributed by atoms with Crippen molar-refractivity contribution >= 4 is 47.8 Å². The highest BCUT2D eigenvalue weighted by Crippen LogP contribution is 2.36. The summed E-state index contributed by atoms with van der Waals surface area (Å²) in [4.78, 5) is 101. The Hall–Kier alpha value is -4.36. The number of ether oxygens (including phenoxy) is 11.